The first-order chi connectivity index (χ1) is 34.5. The highest BCUT2D eigenvalue weighted by Crippen LogP contribution is 2.64. The zero-order chi connectivity index (χ0) is 46.6. The zero-order valence-electron chi connectivity index (χ0n) is 39.1. The first kappa shape index (κ1) is 40.4. The Morgan fingerprint density at radius 2 is 0.800 bits per heavy atom. The summed E-state index contributed by atoms with van der Waals surface area (Å²) in [4.78, 5) is 4.93. The van der Waals surface area contributed by atoms with Gasteiger partial charge >= 0.3 is 0 Å². The second-order valence-corrected chi connectivity index (χ2v) is 19.6. The molecule has 2 aliphatic carbocycles. The van der Waals surface area contributed by atoms with E-state index in [1.54, 1.807) is 0 Å². The fourth-order valence-electron chi connectivity index (χ4n) is 12.6. The average Bonchev–Trinajstić information content (AvgIpc) is 3.84. The van der Waals surface area contributed by atoms with Crippen LogP contribution in [0.4, 0.5) is 34.1 Å². The number of hydrogen-bond donors (Lipinski definition) is 0. The second-order valence-electron chi connectivity index (χ2n) is 19.6. The van der Waals surface area contributed by atoms with Gasteiger partial charge in [-0.1, -0.05) is 208 Å². The molecule has 0 saturated carbocycles. The van der Waals surface area contributed by atoms with Crippen LogP contribution in [-0.2, 0) is 10.8 Å². The predicted octanol–water partition coefficient (Wildman–Crippen LogP) is 18.1. The molecular weight excluding hydrogens is 845 g/mol. The van der Waals surface area contributed by atoms with Crippen LogP contribution in [0.25, 0.3) is 55.3 Å². The molecule has 1 aliphatic heterocycles. The van der Waals surface area contributed by atoms with Crippen molar-refractivity contribution in [1.82, 2.24) is 0 Å². The molecule has 0 amide bonds. The van der Waals surface area contributed by atoms with Crippen molar-refractivity contribution < 1.29 is 0 Å². The Balaban J connectivity index is 0.964. The van der Waals surface area contributed by atoms with Crippen LogP contribution in [0.2, 0.25) is 0 Å². The number of para-hydroxylation sites is 3. The highest BCUT2D eigenvalue weighted by Gasteiger charge is 2.51. The van der Waals surface area contributed by atoms with E-state index in [-0.39, 0.29) is 5.41 Å². The van der Waals surface area contributed by atoms with Crippen LogP contribution in [0.3, 0.4) is 0 Å². The van der Waals surface area contributed by atoms with Gasteiger partial charge in [-0.25, -0.2) is 0 Å². The molecule has 0 fully saturated rings. The first-order valence-corrected chi connectivity index (χ1v) is 24.5. The van der Waals surface area contributed by atoms with E-state index in [0.717, 1.165) is 22.7 Å². The van der Waals surface area contributed by atoms with E-state index < -0.39 is 5.41 Å². The Bertz CT molecular complexity index is 3820. The molecule has 11 aromatic carbocycles. The lowest BCUT2D eigenvalue weighted by Crippen LogP contribution is -2.36. The average molecular weight is 893 g/mol. The second kappa shape index (κ2) is 15.4. The maximum absolute atomic E-state index is 2.52. The third-order valence-corrected chi connectivity index (χ3v) is 15.7. The van der Waals surface area contributed by atoms with Gasteiger partial charge in [0.15, 0.2) is 0 Å². The summed E-state index contributed by atoms with van der Waals surface area (Å²) in [6.45, 7) is 4.74. The van der Waals surface area contributed by atoms with Gasteiger partial charge in [0.1, 0.15) is 0 Å². The van der Waals surface area contributed by atoms with Crippen molar-refractivity contribution in [3.8, 4) is 44.5 Å². The molecule has 0 N–H and O–H groups in total. The number of nitrogens with zero attached hydrogens (tertiary/aromatic N) is 2. The van der Waals surface area contributed by atoms with Crippen molar-refractivity contribution >= 4 is 44.9 Å². The number of hydrogen-bond acceptors (Lipinski definition) is 2. The lowest BCUT2D eigenvalue weighted by molar-refractivity contribution is 0.660. The molecule has 11 aromatic rings. The third kappa shape index (κ3) is 5.74. The van der Waals surface area contributed by atoms with E-state index in [1.165, 1.54) is 100 Å². The maximum Gasteiger partial charge on any atom is 0.0754 e. The number of benzene rings is 11. The Hall–Kier alpha value is -8.72. The largest absolute Gasteiger partial charge is 0.310 e. The van der Waals surface area contributed by atoms with E-state index >= 15 is 0 Å². The van der Waals surface area contributed by atoms with E-state index in [9.17, 15) is 0 Å². The molecule has 70 heavy (non-hydrogen) atoms. The van der Waals surface area contributed by atoms with Crippen LogP contribution >= 0.6 is 0 Å². The lowest BCUT2D eigenvalue weighted by Gasteiger charge is -2.45. The topological polar surface area (TPSA) is 6.48 Å². The molecule has 3 aliphatic rings. The van der Waals surface area contributed by atoms with Gasteiger partial charge in [-0.3, -0.25) is 0 Å². The van der Waals surface area contributed by atoms with Crippen LogP contribution in [-0.4, -0.2) is 0 Å². The molecule has 2 nitrogen and oxygen atoms in total. The Morgan fingerprint density at radius 3 is 1.51 bits per heavy atom. The minimum atomic E-state index is -0.542. The van der Waals surface area contributed by atoms with Gasteiger partial charge in [0.2, 0.25) is 0 Å². The van der Waals surface area contributed by atoms with Crippen molar-refractivity contribution in [2.24, 2.45) is 0 Å². The molecule has 2 heteroatoms. The molecule has 14 rings (SSSR count). The minimum Gasteiger partial charge on any atom is -0.310 e. The van der Waals surface area contributed by atoms with Crippen molar-refractivity contribution in [1.29, 1.82) is 0 Å². The fourth-order valence-corrected chi connectivity index (χ4v) is 12.6. The fraction of sp³-hybridized carbons (Fsp3) is 0.0588. The van der Waals surface area contributed by atoms with Gasteiger partial charge < -0.3 is 9.80 Å². The molecule has 0 atom stereocenters. The Labute approximate surface area is 410 Å². The molecule has 1 heterocycles. The Morgan fingerprint density at radius 1 is 0.314 bits per heavy atom. The van der Waals surface area contributed by atoms with Crippen LogP contribution in [0.15, 0.2) is 255 Å². The van der Waals surface area contributed by atoms with Gasteiger partial charge in [0.05, 0.1) is 22.5 Å². The Kier molecular flexibility index (Phi) is 8.88. The summed E-state index contributed by atoms with van der Waals surface area (Å²) in [6, 6.07) is 94.9. The molecule has 0 bridgehead atoms. The molecule has 0 aromatic heterocycles. The molecule has 1 spiro atoms. The van der Waals surface area contributed by atoms with Crippen LogP contribution in [0.5, 0.6) is 0 Å². The molecular formula is C68H48N2. The van der Waals surface area contributed by atoms with E-state index in [1.807, 2.05) is 0 Å². The number of anilines is 6. The standard InChI is InChI=1S/C68H48N2/c1-67(2)58-27-13-11-24-53(58)55-40-38-50(44-62(55)67)69(49-36-33-46(34-37-49)45-19-5-3-6-20-45)64-42-41-51(52-23-9-10-26-57(52)64)47-35-39-56-54-25-12-14-28-59(54)68(63(56)43-47)60-29-15-17-31-65(60)70(48-21-7-4-8-22-48)66-32-18-16-30-61(66)68/h3-44H,1-2H3. The van der Waals surface area contributed by atoms with Crippen LogP contribution in [0, 0.1) is 0 Å². The van der Waals surface area contributed by atoms with Crippen molar-refractivity contribution in [2.45, 2.75) is 24.7 Å². The van der Waals surface area contributed by atoms with Crippen molar-refractivity contribution in [3.05, 3.63) is 288 Å². The zero-order valence-corrected chi connectivity index (χ0v) is 39.1. The minimum absolute atomic E-state index is 0.138. The van der Waals surface area contributed by atoms with Gasteiger partial charge in [-0.05, 0) is 144 Å². The summed E-state index contributed by atoms with van der Waals surface area (Å²) in [7, 11) is 0. The van der Waals surface area contributed by atoms with E-state index in [4.69, 9.17) is 0 Å². The molecule has 0 radical (unpaired) electrons. The van der Waals surface area contributed by atoms with Crippen molar-refractivity contribution in [2.75, 3.05) is 9.80 Å². The summed E-state index contributed by atoms with van der Waals surface area (Å²) < 4.78 is 0. The predicted molar refractivity (Wildman–Crippen MR) is 293 cm³/mol. The highest BCUT2D eigenvalue weighted by atomic mass is 15.2. The summed E-state index contributed by atoms with van der Waals surface area (Å²) in [5.74, 6) is 0. The van der Waals surface area contributed by atoms with Crippen molar-refractivity contribution in [3.63, 3.8) is 0 Å². The van der Waals surface area contributed by atoms with Crippen LogP contribution < -0.4 is 9.80 Å². The van der Waals surface area contributed by atoms with Gasteiger partial charge in [0.25, 0.3) is 0 Å². The molecule has 0 saturated heterocycles. The van der Waals surface area contributed by atoms with Gasteiger partial charge in [-0.15, -0.1) is 0 Å². The number of rotatable bonds is 6. The smallest absolute Gasteiger partial charge is 0.0754 e. The lowest BCUT2D eigenvalue weighted by atomic mass is 9.64. The summed E-state index contributed by atoms with van der Waals surface area (Å²) >= 11 is 0. The van der Waals surface area contributed by atoms with Gasteiger partial charge in [-0.2, -0.15) is 0 Å². The van der Waals surface area contributed by atoms with Gasteiger partial charge in [0, 0.05) is 27.9 Å². The van der Waals surface area contributed by atoms with E-state index in [0.29, 0.717) is 0 Å². The summed E-state index contributed by atoms with van der Waals surface area (Å²) in [5, 5.41) is 2.41. The monoisotopic (exact) mass is 892 g/mol. The summed E-state index contributed by atoms with van der Waals surface area (Å²) in [5.41, 5.74) is 24.2. The molecule has 0 unspecified atom stereocenters. The summed E-state index contributed by atoms with van der Waals surface area (Å²) in [6.07, 6.45) is 0. The quantitative estimate of drug-likeness (QED) is 0.164. The SMILES string of the molecule is CC1(C)c2ccccc2-c2ccc(N(c3ccc(-c4ccccc4)cc3)c3ccc(-c4ccc5c(c4)C4(c6ccccc6-5)c5ccccc5N(c5ccccc5)c5ccccc54)c4ccccc34)cc21. The third-order valence-electron chi connectivity index (χ3n) is 15.7. The first-order valence-electron chi connectivity index (χ1n) is 24.5. The normalized spacial score (nSPS) is 14.1. The highest BCUT2D eigenvalue weighted by molar-refractivity contribution is 6.07. The maximum atomic E-state index is 2.52. The molecule has 330 valence electrons. The van der Waals surface area contributed by atoms with E-state index in [2.05, 4.69) is 278 Å². The number of fused-ring (bicyclic) bond motifs is 13. The van der Waals surface area contributed by atoms with Crippen LogP contribution in [0.1, 0.15) is 47.2 Å².